The Bertz CT molecular complexity index is 1100. The minimum absolute atomic E-state index is 0.160. The molecule has 9 heteroatoms. The van der Waals surface area contributed by atoms with E-state index in [4.69, 9.17) is 4.74 Å². The highest BCUT2D eigenvalue weighted by atomic mass is 32.1. The van der Waals surface area contributed by atoms with E-state index in [9.17, 15) is 4.79 Å². The van der Waals surface area contributed by atoms with Crippen molar-refractivity contribution in [3.8, 4) is 5.75 Å². The maximum absolute atomic E-state index is 12.5. The normalized spacial score (nSPS) is 10.9. The number of methoxy groups -OCH3 is 1. The Morgan fingerprint density at radius 3 is 2.74 bits per heavy atom. The minimum atomic E-state index is -0.160. The number of nitrogens with zero attached hydrogens (tertiary/aromatic N) is 3. The molecule has 1 amide bonds. The standard InChI is InChI=1S/C18H17N5O2S2/c1-10-8-15(23(2)22-10)20-16(24)13-9-14-17(26-13)21-18(27-14)19-11-6-4-5-7-12(11)25-3/h4-9H,1-3H3,(H,19,21)(H,20,24). The number of fused-ring (bicyclic) bond motifs is 1. The van der Waals surface area contributed by atoms with Gasteiger partial charge in [0.25, 0.3) is 5.91 Å². The number of rotatable bonds is 5. The number of amides is 1. The van der Waals surface area contributed by atoms with Crippen LogP contribution in [0.1, 0.15) is 15.4 Å². The van der Waals surface area contributed by atoms with Crippen molar-refractivity contribution in [1.29, 1.82) is 0 Å². The second-order valence-corrected chi connectivity index (χ2v) is 7.93. The molecule has 138 valence electrons. The zero-order valence-corrected chi connectivity index (χ0v) is 16.6. The van der Waals surface area contributed by atoms with Gasteiger partial charge in [-0.05, 0) is 25.1 Å². The number of para-hydroxylation sites is 2. The van der Waals surface area contributed by atoms with Gasteiger partial charge in [0.15, 0.2) is 5.13 Å². The second-order valence-electron chi connectivity index (χ2n) is 5.87. The number of aryl methyl sites for hydroxylation is 2. The molecule has 4 aromatic rings. The van der Waals surface area contributed by atoms with Gasteiger partial charge >= 0.3 is 0 Å². The Morgan fingerprint density at radius 2 is 2.04 bits per heavy atom. The zero-order valence-electron chi connectivity index (χ0n) is 14.9. The van der Waals surface area contributed by atoms with Crippen LogP contribution in [0.4, 0.5) is 16.6 Å². The van der Waals surface area contributed by atoms with E-state index >= 15 is 0 Å². The Hall–Kier alpha value is -2.91. The largest absolute Gasteiger partial charge is 0.495 e. The number of carbonyl (C=O) groups is 1. The fraction of sp³-hybridized carbons (Fsp3) is 0.167. The molecule has 0 spiro atoms. The van der Waals surface area contributed by atoms with Crippen molar-refractivity contribution >= 4 is 54.7 Å². The van der Waals surface area contributed by atoms with Gasteiger partial charge in [0.2, 0.25) is 0 Å². The first-order chi connectivity index (χ1) is 13.0. The zero-order chi connectivity index (χ0) is 19.0. The molecule has 0 bridgehead atoms. The summed E-state index contributed by atoms with van der Waals surface area (Å²) in [5.74, 6) is 1.26. The van der Waals surface area contributed by atoms with Gasteiger partial charge in [-0.25, -0.2) is 4.98 Å². The molecule has 0 unspecified atom stereocenters. The minimum Gasteiger partial charge on any atom is -0.495 e. The van der Waals surface area contributed by atoms with Crippen LogP contribution < -0.4 is 15.4 Å². The van der Waals surface area contributed by atoms with Crippen molar-refractivity contribution < 1.29 is 9.53 Å². The number of thiophene rings is 1. The van der Waals surface area contributed by atoms with Crippen LogP contribution in [-0.4, -0.2) is 27.8 Å². The van der Waals surface area contributed by atoms with Crippen molar-refractivity contribution in [3.05, 3.63) is 47.0 Å². The Labute approximate surface area is 163 Å². The SMILES string of the molecule is COc1ccccc1Nc1nc2sc(C(=O)Nc3cc(C)nn3C)cc2s1. The summed E-state index contributed by atoms with van der Waals surface area (Å²) in [6, 6.07) is 11.4. The van der Waals surface area contributed by atoms with Crippen LogP contribution in [0.25, 0.3) is 9.53 Å². The summed E-state index contributed by atoms with van der Waals surface area (Å²) in [6.07, 6.45) is 0. The summed E-state index contributed by atoms with van der Waals surface area (Å²) in [6.45, 7) is 1.89. The Balaban J connectivity index is 1.53. The highest BCUT2D eigenvalue weighted by Gasteiger charge is 2.16. The number of aromatic nitrogens is 3. The molecular weight excluding hydrogens is 382 g/mol. The summed E-state index contributed by atoms with van der Waals surface area (Å²) in [7, 11) is 3.43. The summed E-state index contributed by atoms with van der Waals surface area (Å²) < 4.78 is 7.96. The maximum atomic E-state index is 12.5. The number of anilines is 3. The van der Waals surface area contributed by atoms with Crippen LogP contribution in [0.2, 0.25) is 0 Å². The average Bonchev–Trinajstić information content (AvgIpc) is 3.28. The quantitative estimate of drug-likeness (QED) is 0.520. The van der Waals surface area contributed by atoms with Crippen molar-refractivity contribution in [2.75, 3.05) is 17.7 Å². The third kappa shape index (κ3) is 3.51. The first kappa shape index (κ1) is 17.5. The van der Waals surface area contributed by atoms with Crippen molar-refractivity contribution in [2.45, 2.75) is 6.92 Å². The summed E-state index contributed by atoms with van der Waals surface area (Å²) in [5, 5.41) is 11.2. The second kappa shape index (κ2) is 7.01. The highest BCUT2D eigenvalue weighted by molar-refractivity contribution is 7.29. The van der Waals surface area contributed by atoms with Crippen LogP contribution in [0.3, 0.4) is 0 Å². The van der Waals surface area contributed by atoms with Crippen LogP contribution in [0.15, 0.2) is 36.4 Å². The maximum Gasteiger partial charge on any atom is 0.267 e. The first-order valence-corrected chi connectivity index (χ1v) is 9.79. The van der Waals surface area contributed by atoms with Crippen LogP contribution in [0, 0.1) is 6.92 Å². The predicted molar refractivity (Wildman–Crippen MR) is 110 cm³/mol. The van der Waals surface area contributed by atoms with Gasteiger partial charge in [0.1, 0.15) is 16.4 Å². The van der Waals surface area contributed by atoms with Gasteiger partial charge in [0, 0.05) is 13.1 Å². The molecule has 0 fully saturated rings. The molecule has 0 aliphatic rings. The van der Waals surface area contributed by atoms with Gasteiger partial charge in [-0.1, -0.05) is 23.5 Å². The number of nitrogens with one attached hydrogen (secondary N) is 2. The Morgan fingerprint density at radius 1 is 1.22 bits per heavy atom. The molecule has 0 aliphatic carbocycles. The van der Waals surface area contributed by atoms with E-state index in [1.165, 1.54) is 22.7 Å². The number of carbonyl (C=O) groups excluding carboxylic acids is 1. The molecule has 1 aromatic carbocycles. The molecule has 0 atom stereocenters. The molecular formula is C18H17N5O2S2. The lowest BCUT2D eigenvalue weighted by Crippen LogP contribution is -2.13. The molecule has 0 radical (unpaired) electrons. The van der Waals surface area contributed by atoms with E-state index < -0.39 is 0 Å². The third-order valence-corrected chi connectivity index (χ3v) is 5.98. The van der Waals surface area contributed by atoms with E-state index in [1.807, 2.05) is 43.3 Å². The van der Waals surface area contributed by atoms with E-state index in [0.29, 0.717) is 10.7 Å². The van der Waals surface area contributed by atoms with Crippen LogP contribution in [0.5, 0.6) is 5.75 Å². The molecule has 3 aromatic heterocycles. The molecule has 0 saturated heterocycles. The molecule has 0 aliphatic heterocycles. The average molecular weight is 400 g/mol. The fourth-order valence-corrected chi connectivity index (χ4v) is 4.69. The monoisotopic (exact) mass is 399 g/mol. The van der Waals surface area contributed by atoms with Crippen molar-refractivity contribution in [1.82, 2.24) is 14.8 Å². The van der Waals surface area contributed by atoms with Gasteiger partial charge in [-0.3, -0.25) is 9.48 Å². The van der Waals surface area contributed by atoms with Crippen molar-refractivity contribution in [3.63, 3.8) is 0 Å². The van der Waals surface area contributed by atoms with Gasteiger partial charge in [-0.2, -0.15) is 5.10 Å². The van der Waals surface area contributed by atoms with E-state index in [2.05, 4.69) is 20.7 Å². The molecule has 2 N–H and O–H groups in total. The van der Waals surface area contributed by atoms with E-state index in [1.54, 1.807) is 18.8 Å². The first-order valence-electron chi connectivity index (χ1n) is 8.16. The lowest BCUT2D eigenvalue weighted by atomic mass is 10.3. The van der Waals surface area contributed by atoms with Gasteiger partial charge < -0.3 is 15.4 Å². The van der Waals surface area contributed by atoms with Gasteiger partial charge in [-0.15, -0.1) is 11.3 Å². The molecule has 4 rings (SSSR count). The number of hydrogen-bond donors (Lipinski definition) is 2. The van der Waals surface area contributed by atoms with E-state index in [-0.39, 0.29) is 5.91 Å². The number of ether oxygens (including phenoxy) is 1. The predicted octanol–water partition coefficient (Wildman–Crippen LogP) is 4.40. The number of hydrogen-bond acceptors (Lipinski definition) is 7. The molecule has 0 saturated carbocycles. The number of benzene rings is 1. The lowest BCUT2D eigenvalue weighted by Gasteiger charge is -2.07. The summed E-state index contributed by atoms with van der Waals surface area (Å²) in [5.41, 5.74) is 1.71. The Kier molecular flexibility index (Phi) is 4.54. The third-order valence-electron chi connectivity index (χ3n) is 3.91. The fourth-order valence-electron chi connectivity index (χ4n) is 2.67. The van der Waals surface area contributed by atoms with Crippen LogP contribution >= 0.6 is 22.7 Å². The number of thiazole rings is 1. The molecule has 7 nitrogen and oxygen atoms in total. The van der Waals surface area contributed by atoms with Crippen molar-refractivity contribution in [2.24, 2.45) is 7.05 Å². The molecule has 3 heterocycles. The summed E-state index contributed by atoms with van der Waals surface area (Å²) >= 11 is 2.86. The smallest absolute Gasteiger partial charge is 0.267 e. The topological polar surface area (TPSA) is 81.1 Å². The van der Waals surface area contributed by atoms with E-state index in [0.717, 1.165) is 31.8 Å². The highest BCUT2D eigenvalue weighted by Crippen LogP contribution is 2.36. The molecule has 27 heavy (non-hydrogen) atoms. The lowest BCUT2D eigenvalue weighted by molar-refractivity contribution is 0.102. The summed E-state index contributed by atoms with van der Waals surface area (Å²) in [4.78, 5) is 18.5. The van der Waals surface area contributed by atoms with Crippen LogP contribution in [-0.2, 0) is 7.05 Å². The van der Waals surface area contributed by atoms with Gasteiger partial charge in [0.05, 0.1) is 28.1 Å².